The second-order valence-electron chi connectivity index (χ2n) is 8.41. The summed E-state index contributed by atoms with van der Waals surface area (Å²) in [7, 11) is 0. The van der Waals surface area contributed by atoms with Crippen molar-refractivity contribution in [1.82, 2.24) is 4.57 Å². The summed E-state index contributed by atoms with van der Waals surface area (Å²) in [6.45, 7) is 2.53. The summed E-state index contributed by atoms with van der Waals surface area (Å²) in [5, 5.41) is 3.19. The molecule has 6 heteroatoms. The largest absolute Gasteiger partial charge is 0.326 e. The molecule has 2 heterocycles. The van der Waals surface area contributed by atoms with Crippen LogP contribution >= 0.6 is 11.6 Å². The molecule has 1 aliphatic heterocycles. The number of para-hydroxylation sites is 2. The van der Waals surface area contributed by atoms with Crippen molar-refractivity contribution in [2.24, 2.45) is 0 Å². The molecular formula is C28H24ClN3O2. The Bertz CT molecular complexity index is 1390. The number of amides is 2. The van der Waals surface area contributed by atoms with E-state index in [4.69, 9.17) is 11.6 Å². The lowest BCUT2D eigenvalue weighted by molar-refractivity contribution is -0.115. The maximum atomic E-state index is 13.6. The fraction of sp³-hybridized carbons (Fsp3) is 0.143. The Kier molecular flexibility index (Phi) is 5.95. The number of aryl methyl sites for hydroxylation is 1. The van der Waals surface area contributed by atoms with Gasteiger partial charge in [0, 0.05) is 30.5 Å². The number of hydrogen-bond donors (Lipinski definition) is 1. The molecule has 1 N–H and O–H groups in total. The minimum absolute atomic E-state index is 0.132. The van der Waals surface area contributed by atoms with Gasteiger partial charge >= 0.3 is 0 Å². The quantitative estimate of drug-likeness (QED) is 0.409. The van der Waals surface area contributed by atoms with Gasteiger partial charge in [-0.05, 0) is 60.5 Å². The van der Waals surface area contributed by atoms with Crippen LogP contribution in [0.15, 0.2) is 85.1 Å². The highest BCUT2D eigenvalue weighted by Crippen LogP contribution is 2.32. The maximum Gasteiger partial charge on any atom is 0.259 e. The standard InChI is InChI=1S/C28H24ClN3O2/c1-19-7-2-3-8-20(19)17-27(33)30-21-12-13-23(24(29)18-21)28(34)32-16-14-22-9-6-15-31(22)25-10-4-5-11-26(25)32/h2-13,15,18H,14,16-17H2,1H3,(H,30,33). The number of nitrogens with zero attached hydrogens (tertiary/aromatic N) is 2. The molecule has 5 rings (SSSR count). The highest BCUT2D eigenvalue weighted by atomic mass is 35.5. The van der Waals surface area contributed by atoms with Crippen LogP contribution in [0, 0.1) is 6.92 Å². The van der Waals surface area contributed by atoms with Gasteiger partial charge < -0.3 is 14.8 Å². The second-order valence-corrected chi connectivity index (χ2v) is 8.82. The lowest BCUT2D eigenvalue weighted by Gasteiger charge is -2.23. The molecule has 0 saturated heterocycles. The first-order chi connectivity index (χ1) is 16.5. The molecule has 170 valence electrons. The Morgan fingerprint density at radius 1 is 0.941 bits per heavy atom. The number of benzene rings is 3. The van der Waals surface area contributed by atoms with Gasteiger partial charge in [-0.1, -0.05) is 48.0 Å². The maximum absolute atomic E-state index is 13.6. The molecule has 0 radical (unpaired) electrons. The van der Waals surface area contributed by atoms with Gasteiger partial charge in [0.1, 0.15) is 0 Å². The van der Waals surface area contributed by atoms with Gasteiger partial charge in [-0.25, -0.2) is 0 Å². The molecule has 2 amide bonds. The minimum Gasteiger partial charge on any atom is -0.326 e. The number of hydrogen-bond acceptors (Lipinski definition) is 2. The highest BCUT2D eigenvalue weighted by Gasteiger charge is 2.26. The van der Waals surface area contributed by atoms with E-state index in [0.29, 0.717) is 22.8 Å². The molecule has 0 atom stereocenters. The summed E-state index contributed by atoms with van der Waals surface area (Å²) in [5.41, 5.74) is 5.97. The van der Waals surface area contributed by atoms with Gasteiger partial charge in [-0.2, -0.15) is 0 Å². The zero-order valence-electron chi connectivity index (χ0n) is 18.8. The third kappa shape index (κ3) is 4.22. The van der Waals surface area contributed by atoms with Crippen LogP contribution < -0.4 is 10.2 Å². The van der Waals surface area contributed by atoms with Crippen LogP contribution in [0.25, 0.3) is 5.69 Å². The molecule has 0 saturated carbocycles. The number of anilines is 2. The molecule has 34 heavy (non-hydrogen) atoms. The first kappa shape index (κ1) is 22.0. The van der Waals surface area contributed by atoms with Gasteiger partial charge in [0.05, 0.1) is 28.4 Å². The van der Waals surface area contributed by atoms with Crippen molar-refractivity contribution in [1.29, 1.82) is 0 Å². The average Bonchev–Trinajstić information content (AvgIpc) is 3.23. The third-order valence-electron chi connectivity index (χ3n) is 6.20. The first-order valence-electron chi connectivity index (χ1n) is 11.2. The van der Waals surface area contributed by atoms with Crippen molar-refractivity contribution in [2.75, 3.05) is 16.8 Å². The van der Waals surface area contributed by atoms with E-state index in [1.165, 1.54) is 0 Å². The SMILES string of the molecule is Cc1ccccc1CC(=O)Nc1ccc(C(=O)N2CCc3cccn3-c3ccccc32)c(Cl)c1. The topological polar surface area (TPSA) is 54.3 Å². The Hall–Kier alpha value is -3.83. The van der Waals surface area contributed by atoms with E-state index >= 15 is 0 Å². The summed E-state index contributed by atoms with van der Waals surface area (Å²) < 4.78 is 2.12. The van der Waals surface area contributed by atoms with Crippen molar-refractivity contribution in [3.8, 4) is 5.69 Å². The number of rotatable bonds is 4. The fourth-order valence-corrected chi connectivity index (χ4v) is 4.67. The molecule has 3 aromatic carbocycles. The zero-order chi connectivity index (χ0) is 23.7. The molecule has 0 spiro atoms. The van der Waals surface area contributed by atoms with Crippen LogP contribution in [0.3, 0.4) is 0 Å². The zero-order valence-corrected chi connectivity index (χ0v) is 19.5. The monoisotopic (exact) mass is 469 g/mol. The van der Waals surface area contributed by atoms with E-state index in [9.17, 15) is 9.59 Å². The van der Waals surface area contributed by atoms with E-state index in [1.54, 1.807) is 23.1 Å². The Balaban J connectivity index is 1.36. The number of halogens is 1. The van der Waals surface area contributed by atoms with Crippen LogP contribution in [0.1, 0.15) is 27.2 Å². The molecule has 4 aromatic rings. The Morgan fingerprint density at radius 2 is 1.71 bits per heavy atom. The molecule has 0 unspecified atom stereocenters. The van der Waals surface area contributed by atoms with Crippen molar-refractivity contribution >= 4 is 34.8 Å². The molecular weight excluding hydrogens is 446 g/mol. The van der Waals surface area contributed by atoms with Gasteiger partial charge in [0.25, 0.3) is 5.91 Å². The molecule has 0 bridgehead atoms. The third-order valence-corrected chi connectivity index (χ3v) is 6.51. The van der Waals surface area contributed by atoms with Crippen LogP contribution in [0.5, 0.6) is 0 Å². The van der Waals surface area contributed by atoms with Crippen LogP contribution in [0.2, 0.25) is 5.02 Å². The van der Waals surface area contributed by atoms with Crippen LogP contribution in [-0.2, 0) is 17.6 Å². The van der Waals surface area contributed by atoms with Crippen molar-refractivity contribution in [2.45, 2.75) is 19.8 Å². The molecule has 5 nitrogen and oxygen atoms in total. The minimum atomic E-state index is -0.166. The van der Waals surface area contributed by atoms with E-state index in [2.05, 4.69) is 16.0 Å². The summed E-state index contributed by atoms with van der Waals surface area (Å²) in [4.78, 5) is 27.9. The molecule has 0 fully saturated rings. The predicted molar refractivity (Wildman–Crippen MR) is 136 cm³/mol. The number of nitrogens with one attached hydrogen (secondary N) is 1. The predicted octanol–water partition coefficient (Wildman–Crippen LogP) is 5.82. The lowest BCUT2D eigenvalue weighted by Crippen LogP contribution is -2.32. The number of carbonyl (C=O) groups excluding carboxylic acids is 2. The fourth-order valence-electron chi connectivity index (χ4n) is 4.41. The normalized spacial score (nSPS) is 12.5. The van der Waals surface area contributed by atoms with Gasteiger partial charge in [-0.15, -0.1) is 0 Å². The van der Waals surface area contributed by atoms with Crippen molar-refractivity contribution in [3.05, 3.63) is 112 Å². The summed E-state index contributed by atoms with van der Waals surface area (Å²) in [6.07, 6.45) is 3.03. The van der Waals surface area contributed by atoms with Crippen LogP contribution in [0.4, 0.5) is 11.4 Å². The van der Waals surface area contributed by atoms with E-state index in [1.807, 2.05) is 67.7 Å². The van der Waals surface area contributed by atoms with Gasteiger partial charge in [0.2, 0.25) is 5.91 Å². The molecule has 1 aromatic heterocycles. The number of aromatic nitrogens is 1. The number of fused-ring (bicyclic) bond motifs is 3. The molecule has 0 aliphatic carbocycles. The van der Waals surface area contributed by atoms with Crippen molar-refractivity contribution < 1.29 is 9.59 Å². The average molecular weight is 470 g/mol. The van der Waals surface area contributed by atoms with E-state index in [0.717, 1.165) is 34.6 Å². The van der Waals surface area contributed by atoms with E-state index < -0.39 is 0 Å². The Morgan fingerprint density at radius 3 is 2.50 bits per heavy atom. The van der Waals surface area contributed by atoms with Gasteiger partial charge in [-0.3, -0.25) is 9.59 Å². The summed E-state index contributed by atoms with van der Waals surface area (Å²) in [5.74, 6) is -0.297. The second kappa shape index (κ2) is 9.20. The van der Waals surface area contributed by atoms with E-state index in [-0.39, 0.29) is 18.2 Å². The molecule has 1 aliphatic rings. The summed E-state index contributed by atoms with van der Waals surface area (Å²) >= 11 is 6.54. The summed E-state index contributed by atoms with van der Waals surface area (Å²) in [6, 6.07) is 24.8. The highest BCUT2D eigenvalue weighted by molar-refractivity contribution is 6.35. The van der Waals surface area contributed by atoms with Crippen LogP contribution in [-0.4, -0.2) is 22.9 Å². The van der Waals surface area contributed by atoms with Gasteiger partial charge in [0.15, 0.2) is 0 Å². The first-order valence-corrected chi connectivity index (χ1v) is 11.6. The van der Waals surface area contributed by atoms with Crippen molar-refractivity contribution in [3.63, 3.8) is 0 Å². The Labute approximate surface area is 203 Å². The lowest BCUT2D eigenvalue weighted by atomic mass is 10.1. The smallest absolute Gasteiger partial charge is 0.259 e. The number of carbonyl (C=O) groups is 2.